The fourth-order valence-electron chi connectivity index (χ4n) is 2.07. The van der Waals surface area contributed by atoms with Crippen molar-refractivity contribution in [3.63, 3.8) is 0 Å². The smallest absolute Gasteiger partial charge is 0.160 e. The van der Waals surface area contributed by atoms with Crippen molar-refractivity contribution < 1.29 is 0 Å². The molecule has 0 N–H and O–H groups in total. The number of alkyl halides is 1. The second-order valence-electron chi connectivity index (χ2n) is 4.89. The monoisotopic (exact) mass is 344 g/mol. The van der Waals surface area contributed by atoms with Crippen LogP contribution in [-0.4, -0.2) is 40.1 Å². The Kier molecular flexibility index (Phi) is 4.81. The summed E-state index contributed by atoms with van der Waals surface area (Å²) in [6.07, 6.45) is 2.85. The lowest BCUT2D eigenvalue weighted by atomic mass is 10.3. The Labute approximate surface area is 126 Å². The van der Waals surface area contributed by atoms with Crippen molar-refractivity contribution in [2.75, 3.05) is 20.6 Å². The van der Waals surface area contributed by atoms with Gasteiger partial charge in [0.25, 0.3) is 0 Å². The van der Waals surface area contributed by atoms with Gasteiger partial charge in [0, 0.05) is 17.2 Å². The predicted molar refractivity (Wildman–Crippen MR) is 82.7 cm³/mol. The molecule has 0 aliphatic carbocycles. The lowest BCUT2D eigenvalue weighted by molar-refractivity contribution is 0.386. The highest BCUT2D eigenvalue weighted by molar-refractivity contribution is 9.10. The minimum absolute atomic E-state index is 0.118. The Morgan fingerprint density at radius 3 is 2.84 bits per heavy atom. The van der Waals surface area contributed by atoms with Gasteiger partial charge in [-0.2, -0.15) is 0 Å². The minimum atomic E-state index is -0.118. The minimum Gasteiger partial charge on any atom is -0.311 e. The fourth-order valence-corrected chi connectivity index (χ4v) is 2.56. The van der Waals surface area contributed by atoms with Crippen LogP contribution in [0.25, 0.3) is 11.2 Å². The van der Waals surface area contributed by atoms with Crippen LogP contribution >= 0.6 is 27.5 Å². The number of fused-ring (bicyclic) bond motifs is 1. The van der Waals surface area contributed by atoms with Crippen LogP contribution < -0.4 is 0 Å². The maximum Gasteiger partial charge on any atom is 0.160 e. The molecule has 6 heteroatoms. The molecule has 0 bridgehead atoms. The van der Waals surface area contributed by atoms with Gasteiger partial charge in [-0.05, 0) is 56.0 Å². The van der Waals surface area contributed by atoms with E-state index in [4.69, 9.17) is 11.6 Å². The van der Waals surface area contributed by atoms with Crippen LogP contribution in [0, 0.1) is 0 Å². The van der Waals surface area contributed by atoms with Gasteiger partial charge >= 0.3 is 0 Å². The van der Waals surface area contributed by atoms with Crippen LogP contribution in [-0.2, 0) is 6.54 Å². The summed E-state index contributed by atoms with van der Waals surface area (Å²) in [6, 6.07) is 1.98. The lowest BCUT2D eigenvalue weighted by Crippen LogP contribution is -2.16. The second-order valence-corrected chi connectivity index (χ2v) is 6.46. The first-order valence-electron chi connectivity index (χ1n) is 6.29. The molecule has 2 aromatic rings. The van der Waals surface area contributed by atoms with Gasteiger partial charge in [0.2, 0.25) is 0 Å². The van der Waals surface area contributed by atoms with Gasteiger partial charge < -0.3 is 9.47 Å². The maximum atomic E-state index is 6.23. The molecule has 0 radical (unpaired) electrons. The third kappa shape index (κ3) is 3.46. The highest BCUT2D eigenvalue weighted by atomic mass is 79.9. The molecule has 0 amide bonds. The van der Waals surface area contributed by atoms with Gasteiger partial charge in [0.05, 0.1) is 5.38 Å². The van der Waals surface area contributed by atoms with Crippen molar-refractivity contribution in [1.29, 1.82) is 0 Å². The van der Waals surface area contributed by atoms with Gasteiger partial charge in [0.1, 0.15) is 11.3 Å². The van der Waals surface area contributed by atoms with Crippen LogP contribution in [0.3, 0.4) is 0 Å². The molecule has 0 fully saturated rings. The van der Waals surface area contributed by atoms with E-state index < -0.39 is 0 Å². The van der Waals surface area contributed by atoms with Crippen molar-refractivity contribution in [2.24, 2.45) is 0 Å². The van der Waals surface area contributed by atoms with E-state index >= 15 is 0 Å². The molecule has 0 aromatic carbocycles. The van der Waals surface area contributed by atoms with Crippen LogP contribution in [0.5, 0.6) is 0 Å². The number of pyridine rings is 1. The Morgan fingerprint density at radius 1 is 1.47 bits per heavy atom. The average molecular weight is 346 g/mol. The fraction of sp³-hybridized carbons (Fsp3) is 0.538. The highest BCUT2D eigenvalue weighted by Crippen LogP contribution is 2.25. The number of halogens is 2. The van der Waals surface area contributed by atoms with E-state index in [0.29, 0.717) is 0 Å². The Balaban J connectivity index is 2.35. The molecular formula is C13H18BrClN4. The molecule has 0 aliphatic rings. The zero-order valence-corrected chi connectivity index (χ0v) is 13.7. The molecule has 0 spiro atoms. The van der Waals surface area contributed by atoms with Crippen LogP contribution in [0.1, 0.15) is 24.5 Å². The summed E-state index contributed by atoms with van der Waals surface area (Å²) in [7, 11) is 4.15. The Hall–Kier alpha value is -0.650. The summed E-state index contributed by atoms with van der Waals surface area (Å²) >= 11 is 9.65. The summed E-state index contributed by atoms with van der Waals surface area (Å²) in [5.41, 5.74) is 1.80. The second kappa shape index (κ2) is 6.20. The average Bonchev–Trinajstić information content (AvgIpc) is 2.67. The quantitative estimate of drug-likeness (QED) is 0.778. The molecule has 2 heterocycles. The van der Waals surface area contributed by atoms with Crippen LogP contribution in [0.15, 0.2) is 16.7 Å². The van der Waals surface area contributed by atoms with Gasteiger partial charge in [-0.1, -0.05) is 0 Å². The van der Waals surface area contributed by atoms with Gasteiger partial charge in [-0.3, -0.25) is 0 Å². The molecule has 1 atom stereocenters. The SMILES string of the molecule is CC(Cl)c1nc2cc(Br)cnc2n1CCCN(C)C. The largest absolute Gasteiger partial charge is 0.311 e. The lowest BCUT2D eigenvalue weighted by Gasteiger charge is -2.12. The summed E-state index contributed by atoms with van der Waals surface area (Å²) in [4.78, 5) is 11.2. The molecule has 4 nitrogen and oxygen atoms in total. The van der Waals surface area contributed by atoms with Crippen LogP contribution in [0.4, 0.5) is 0 Å². The molecule has 2 aromatic heterocycles. The summed E-state index contributed by atoms with van der Waals surface area (Å²) in [5, 5.41) is -0.118. The van der Waals surface area contributed by atoms with E-state index in [1.165, 1.54) is 0 Å². The van der Waals surface area contributed by atoms with E-state index in [-0.39, 0.29) is 5.38 Å². The van der Waals surface area contributed by atoms with Crippen molar-refractivity contribution in [3.05, 3.63) is 22.6 Å². The molecule has 104 valence electrons. The summed E-state index contributed by atoms with van der Waals surface area (Å²) < 4.78 is 3.06. The van der Waals surface area contributed by atoms with Gasteiger partial charge in [-0.15, -0.1) is 11.6 Å². The number of imidazole rings is 1. The number of hydrogen-bond acceptors (Lipinski definition) is 3. The van der Waals surface area contributed by atoms with E-state index in [1.807, 2.05) is 13.0 Å². The van der Waals surface area contributed by atoms with Gasteiger partial charge in [-0.25, -0.2) is 9.97 Å². The van der Waals surface area contributed by atoms with Crippen molar-refractivity contribution >= 4 is 38.7 Å². The third-order valence-corrected chi connectivity index (χ3v) is 3.55. The molecule has 2 rings (SSSR count). The third-order valence-electron chi connectivity index (χ3n) is 2.92. The first-order chi connectivity index (χ1) is 8.99. The predicted octanol–water partition coefficient (Wildman–Crippen LogP) is 3.45. The normalized spacial score (nSPS) is 13.4. The van der Waals surface area contributed by atoms with E-state index in [1.54, 1.807) is 6.20 Å². The molecule has 19 heavy (non-hydrogen) atoms. The number of aromatic nitrogens is 3. The van der Waals surface area contributed by atoms with Gasteiger partial charge in [0.15, 0.2) is 5.65 Å². The number of aryl methyl sites for hydroxylation is 1. The molecule has 0 saturated heterocycles. The standard InChI is InChI=1S/C13H18BrClN4/c1-9(15)12-17-11-7-10(14)8-16-13(11)19(12)6-4-5-18(2)3/h7-9H,4-6H2,1-3H3. The van der Waals surface area contributed by atoms with Crippen molar-refractivity contribution in [3.8, 4) is 0 Å². The van der Waals surface area contributed by atoms with E-state index in [2.05, 4.69) is 49.5 Å². The zero-order chi connectivity index (χ0) is 14.0. The highest BCUT2D eigenvalue weighted by Gasteiger charge is 2.15. The summed E-state index contributed by atoms with van der Waals surface area (Å²) in [6.45, 7) is 3.86. The first-order valence-corrected chi connectivity index (χ1v) is 7.52. The van der Waals surface area contributed by atoms with E-state index in [9.17, 15) is 0 Å². The number of hydrogen-bond donors (Lipinski definition) is 0. The zero-order valence-electron chi connectivity index (χ0n) is 11.4. The number of rotatable bonds is 5. The Bertz CT molecular complexity index is 565. The molecular weight excluding hydrogens is 328 g/mol. The first kappa shape index (κ1) is 14.8. The Morgan fingerprint density at radius 2 is 2.21 bits per heavy atom. The molecule has 0 saturated carbocycles. The van der Waals surface area contributed by atoms with E-state index in [0.717, 1.165) is 41.0 Å². The topological polar surface area (TPSA) is 34.0 Å². The summed E-state index contributed by atoms with van der Waals surface area (Å²) in [5.74, 6) is 0.890. The van der Waals surface area contributed by atoms with Crippen molar-refractivity contribution in [2.45, 2.75) is 25.3 Å². The maximum absolute atomic E-state index is 6.23. The molecule has 0 aliphatic heterocycles. The number of nitrogens with zero attached hydrogens (tertiary/aromatic N) is 4. The van der Waals surface area contributed by atoms with Crippen LogP contribution in [0.2, 0.25) is 0 Å². The molecule has 1 unspecified atom stereocenters. The van der Waals surface area contributed by atoms with Crippen molar-refractivity contribution in [1.82, 2.24) is 19.4 Å².